The van der Waals surface area contributed by atoms with E-state index in [1.807, 2.05) is 41.3 Å². The molecule has 1 saturated heterocycles. The highest BCUT2D eigenvalue weighted by molar-refractivity contribution is 6.30. The number of hydrogen-bond acceptors (Lipinski definition) is 3. The van der Waals surface area contributed by atoms with Gasteiger partial charge in [0.2, 0.25) is 5.91 Å². The van der Waals surface area contributed by atoms with E-state index in [9.17, 15) is 9.59 Å². The van der Waals surface area contributed by atoms with Crippen LogP contribution in [0.25, 0.3) is 0 Å². The third kappa shape index (κ3) is 3.89. The second-order valence-electron chi connectivity index (χ2n) is 7.21. The summed E-state index contributed by atoms with van der Waals surface area (Å²) in [5, 5.41) is 0.601. The summed E-state index contributed by atoms with van der Waals surface area (Å²) in [5.74, 6) is -0.324. The molecule has 1 fully saturated rings. The maximum Gasteiger partial charge on any atom is 0.249 e. The summed E-state index contributed by atoms with van der Waals surface area (Å²) in [6.45, 7) is 2.33. The van der Waals surface area contributed by atoms with Crippen molar-refractivity contribution in [3.63, 3.8) is 0 Å². The van der Waals surface area contributed by atoms with Gasteiger partial charge in [-0.05, 0) is 36.2 Å². The zero-order valence-corrected chi connectivity index (χ0v) is 16.3. The number of nitrogens with zero attached hydrogens (tertiary/aromatic N) is 1. The molecule has 2 aliphatic rings. The molecule has 2 atom stereocenters. The number of carbonyl (C=O) groups excluding carboxylic acids is 2. The van der Waals surface area contributed by atoms with Gasteiger partial charge in [0.15, 0.2) is 5.78 Å². The van der Waals surface area contributed by atoms with Gasteiger partial charge in [-0.1, -0.05) is 48.0 Å². The largest absolute Gasteiger partial charge is 0.378 e. The first-order valence-corrected chi connectivity index (χ1v) is 9.94. The number of allylic oxidation sites excluding steroid dienone is 1. The minimum absolute atomic E-state index is 0.0237. The number of halogens is 1. The first-order valence-electron chi connectivity index (χ1n) is 9.56. The maximum absolute atomic E-state index is 13.3. The lowest BCUT2D eigenvalue weighted by molar-refractivity contribution is -0.131. The lowest BCUT2D eigenvalue weighted by Gasteiger charge is -2.27. The van der Waals surface area contributed by atoms with Gasteiger partial charge in [0.1, 0.15) is 0 Å². The Kier molecular flexibility index (Phi) is 5.60. The molecule has 0 spiro atoms. The molecule has 1 amide bonds. The molecule has 5 heteroatoms. The van der Waals surface area contributed by atoms with Crippen LogP contribution >= 0.6 is 11.6 Å². The lowest BCUT2D eigenvalue weighted by Crippen LogP contribution is -2.41. The SMILES string of the molecule is O=C(c1ccc(Cl)cc1)[C@H]1CC(C(=O)N2CCOCC2)=C[C@@H]1c1ccccc1. The highest BCUT2D eigenvalue weighted by Gasteiger charge is 2.37. The third-order valence-corrected chi connectivity index (χ3v) is 5.73. The Balaban J connectivity index is 1.62. The van der Waals surface area contributed by atoms with Crippen LogP contribution in [0.1, 0.15) is 28.3 Å². The molecule has 0 bridgehead atoms. The summed E-state index contributed by atoms with van der Waals surface area (Å²) in [5.41, 5.74) is 2.41. The van der Waals surface area contributed by atoms with E-state index in [4.69, 9.17) is 16.3 Å². The maximum atomic E-state index is 13.3. The van der Waals surface area contributed by atoms with E-state index < -0.39 is 0 Å². The van der Waals surface area contributed by atoms with Gasteiger partial charge in [-0.2, -0.15) is 0 Å². The molecule has 2 aromatic carbocycles. The van der Waals surface area contributed by atoms with Crippen molar-refractivity contribution in [2.45, 2.75) is 12.3 Å². The van der Waals surface area contributed by atoms with Crippen molar-refractivity contribution >= 4 is 23.3 Å². The standard InChI is InChI=1S/C23H22ClNO3/c24-19-8-6-17(7-9-19)22(26)21-15-18(23(27)25-10-12-28-13-11-25)14-20(21)16-4-2-1-3-5-16/h1-9,14,20-21H,10-13,15H2/t20-,21+/m1/s1. The number of morpholine rings is 1. The fourth-order valence-electron chi connectivity index (χ4n) is 3.98. The zero-order valence-electron chi connectivity index (χ0n) is 15.5. The van der Waals surface area contributed by atoms with E-state index in [0.717, 1.165) is 11.1 Å². The summed E-state index contributed by atoms with van der Waals surface area (Å²) >= 11 is 5.97. The molecule has 0 aromatic heterocycles. The Labute approximate surface area is 169 Å². The fraction of sp³-hybridized carbons (Fsp3) is 0.304. The molecule has 1 heterocycles. The van der Waals surface area contributed by atoms with Crippen LogP contribution in [0.4, 0.5) is 0 Å². The van der Waals surface area contributed by atoms with Crippen molar-refractivity contribution in [2.75, 3.05) is 26.3 Å². The molecular formula is C23H22ClNO3. The number of Topliss-reactive ketones (excluding diaryl/α,β-unsaturated/α-hetero) is 1. The second-order valence-corrected chi connectivity index (χ2v) is 7.65. The number of hydrogen-bond donors (Lipinski definition) is 0. The zero-order chi connectivity index (χ0) is 19.5. The first kappa shape index (κ1) is 18.9. The topological polar surface area (TPSA) is 46.6 Å². The van der Waals surface area contributed by atoms with Crippen molar-refractivity contribution in [3.8, 4) is 0 Å². The van der Waals surface area contributed by atoms with Crippen LogP contribution in [-0.2, 0) is 9.53 Å². The van der Waals surface area contributed by atoms with Crippen molar-refractivity contribution < 1.29 is 14.3 Å². The molecule has 1 aliphatic heterocycles. The smallest absolute Gasteiger partial charge is 0.249 e. The van der Waals surface area contributed by atoms with Crippen LogP contribution in [0.2, 0.25) is 5.02 Å². The number of ketones is 1. The Bertz CT molecular complexity index is 886. The van der Waals surface area contributed by atoms with Gasteiger partial charge < -0.3 is 9.64 Å². The van der Waals surface area contributed by atoms with Gasteiger partial charge in [0, 0.05) is 41.1 Å². The van der Waals surface area contributed by atoms with Gasteiger partial charge in [0.05, 0.1) is 13.2 Å². The van der Waals surface area contributed by atoms with Crippen molar-refractivity contribution in [2.24, 2.45) is 5.92 Å². The summed E-state index contributed by atoms with van der Waals surface area (Å²) in [6.07, 6.45) is 2.45. The molecule has 0 saturated carbocycles. The Morgan fingerprint density at radius 1 is 0.964 bits per heavy atom. The van der Waals surface area contributed by atoms with Gasteiger partial charge >= 0.3 is 0 Å². The minimum Gasteiger partial charge on any atom is -0.378 e. The third-order valence-electron chi connectivity index (χ3n) is 5.48. The highest BCUT2D eigenvalue weighted by atomic mass is 35.5. The molecule has 2 aromatic rings. The molecular weight excluding hydrogens is 374 g/mol. The van der Waals surface area contributed by atoms with Gasteiger partial charge in [-0.25, -0.2) is 0 Å². The van der Waals surface area contributed by atoms with Crippen molar-refractivity contribution in [1.29, 1.82) is 0 Å². The summed E-state index contributed by atoms with van der Waals surface area (Å²) in [4.78, 5) is 28.1. The molecule has 4 nitrogen and oxygen atoms in total. The normalized spacial score (nSPS) is 22.0. The predicted molar refractivity (Wildman–Crippen MR) is 109 cm³/mol. The number of rotatable bonds is 4. The molecule has 0 unspecified atom stereocenters. The van der Waals surface area contributed by atoms with Crippen LogP contribution in [0, 0.1) is 5.92 Å². The van der Waals surface area contributed by atoms with Gasteiger partial charge in [-0.3, -0.25) is 9.59 Å². The summed E-state index contributed by atoms with van der Waals surface area (Å²) < 4.78 is 5.35. The van der Waals surface area contributed by atoms with E-state index in [2.05, 4.69) is 0 Å². The molecule has 28 heavy (non-hydrogen) atoms. The van der Waals surface area contributed by atoms with Crippen LogP contribution < -0.4 is 0 Å². The van der Waals surface area contributed by atoms with E-state index in [1.165, 1.54) is 0 Å². The van der Waals surface area contributed by atoms with Crippen molar-refractivity contribution in [3.05, 3.63) is 82.4 Å². The van der Waals surface area contributed by atoms with Crippen LogP contribution in [-0.4, -0.2) is 42.9 Å². The summed E-state index contributed by atoms with van der Waals surface area (Å²) in [7, 11) is 0. The Morgan fingerprint density at radius 3 is 2.32 bits per heavy atom. The molecule has 4 rings (SSSR count). The number of amides is 1. The number of benzene rings is 2. The number of ether oxygens (including phenoxy) is 1. The van der Waals surface area contributed by atoms with Crippen LogP contribution in [0.5, 0.6) is 0 Å². The van der Waals surface area contributed by atoms with E-state index in [1.54, 1.807) is 24.3 Å². The van der Waals surface area contributed by atoms with Gasteiger partial charge in [-0.15, -0.1) is 0 Å². The molecule has 0 N–H and O–H groups in total. The van der Waals surface area contributed by atoms with Crippen molar-refractivity contribution in [1.82, 2.24) is 4.90 Å². The quantitative estimate of drug-likeness (QED) is 0.732. The predicted octanol–water partition coefficient (Wildman–Crippen LogP) is 4.11. The molecule has 144 valence electrons. The molecule has 1 aliphatic carbocycles. The van der Waals surface area contributed by atoms with Gasteiger partial charge in [0.25, 0.3) is 0 Å². The van der Waals surface area contributed by atoms with E-state index in [-0.39, 0.29) is 23.5 Å². The second kappa shape index (κ2) is 8.29. The van der Waals surface area contributed by atoms with Crippen LogP contribution in [0.15, 0.2) is 66.2 Å². The molecule has 0 radical (unpaired) electrons. The monoisotopic (exact) mass is 395 g/mol. The Morgan fingerprint density at radius 2 is 1.64 bits per heavy atom. The Hall–Kier alpha value is -2.43. The minimum atomic E-state index is -0.288. The lowest BCUT2D eigenvalue weighted by atomic mass is 9.83. The fourth-order valence-corrected chi connectivity index (χ4v) is 4.11. The van der Waals surface area contributed by atoms with E-state index >= 15 is 0 Å². The van der Waals surface area contributed by atoms with E-state index in [0.29, 0.717) is 43.3 Å². The first-order chi connectivity index (χ1) is 13.6. The average molecular weight is 396 g/mol. The summed E-state index contributed by atoms with van der Waals surface area (Å²) in [6, 6.07) is 16.9. The average Bonchev–Trinajstić information content (AvgIpc) is 3.20. The number of carbonyl (C=O) groups is 2. The highest BCUT2D eigenvalue weighted by Crippen LogP contribution is 2.40. The van der Waals surface area contributed by atoms with Crippen LogP contribution in [0.3, 0.4) is 0 Å².